The molecule has 0 spiro atoms. The first-order chi connectivity index (χ1) is 16.6. The molecule has 2 aromatic rings. The third kappa shape index (κ3) is 5.67. The highest BCUT2D eigenvalue weighted by atomic mass is 16.5. The predicted molar refractivity (Wildman–Crippen MR) is 139 cm³/mol. The van der Waals surface area contributed by atoms with Gasteiger partial charge in [0.2, 0.25) is 0 Å². The van der Waals surface area contributed by atoms with Crippen molar-refractivity contribution in [2.75, 3.05) is 32.8 Å². The van der Waals surface area contributed by atoms with E-state index in [-0.39, 0.29) is 5.92 Å². The summed E-state index contributed by atoms with van der Waals surface area (Å²) in [5.74, 6) is 2.40. The lowest BCUT2D eigenvalue weighted by molar-refractivity contribution is -0.0582. The molecule has 34 heavy (non-hydrogen) atoms. The maximum Gasteiger partial charge on any atom is 0.161 e. The molecule has 3 atom stereocenters. The van der Waals surface area contributed by atoms with Gasteiger partial charge in [-0.1, -0.05) is 49.4 Å². The zero-order chi connectivity index (χ0) is 24.0. The minimum absolute atomic E-state index is 0.270. The number of nitrogens with zero attached hydrogens (tertiary/aromatic N) is 1. The van der Waals surface area contributed by atoms with Gasteiger partial charge in [0, 0.05) is 19.0 Å². The number of benzene rings is 2. The summed E-state index contributed by atoms with van der Waals surface area (Å²) >= 11 is 0. The van der Waals surface area contributed by atoms with Crippen molar-refractivity contribution in [2.45, 2.75) is 58.5 Å². The highest BCUT2D eigenvalue weighted by Crippen LogP contribution is 2.51. The van der Waals surface area contributed by atoms with E-state index in [1.54, 1.807) is 0 Å². The molecule has 0 heterocycles. The molecule has 0 amide bonds. The molecule has 184 valence electrons. The molecule has 3 aliphatic rings. The monoisotopic (exact) mass is 463 g/mol. The number of fused-ring (bicyclic) bond motifs is 2. The highest BCUT2D eigenvalue weighted by molar-refractivity contribution is 5.69. The largest absolute Gasteiger partial charge is 0.490 e. The van der Waals surface area contributed by atoms with Crippen LogP contribution < -0.4 is 9.47 Å². The van der Waals surface area contributed by atoms with Crippen LogP contribution in [-0.4, -0.2) is 48.5 Å². The van der Waals surface area contributed by atoms with Crippen LogP contribution in [0.1, 0.15) is 57.6 Å². The molecule has 0 aliphatic heterocycles. The van der Waals surface area contributed by atoms with Crippen LogP contribution >= 0.6 is 0 Å². The lowest BCUT2D eigenvalue weighted by Gasteiger charge is -2.48. The Morgan fingerprint density at radius 2 is 1.71 bits per heavy atom. The maximum atomic E-state index is 11.6. The first-order valence-electron chi connectivity index (χ1n) is 13.2. The summed E-state index contributed by atoms with van der Waals surface area (Å²) in [6.07, 6.45) is 7.39. The van der Waals surface area contributed by atoms with E-state index < -0.39 is 5.60 Å². The minimum Gasteiger partial charge on any atom is -0.490 e. The quantitative estimate of drug-likeness (QED) is 0.420. The second kappa shape index (κ2) is 11.4. The van der Waals surface area contributed by atoms with Gasteiger partial charge < -0.3 is 19.5 Å². The summed E-state index contributed by atoms with van der Waals surface area (Å²) in [4.78, 5) is 2.47. The fraction of sp³-hybridized carbons (Fsp3) is 0.533. The summed E-state index contributed by atoms with van der Waals surface area (Å²) in [5.41, 5.74) is 3.47. The summed E-state index contributed by atoms with van der Waals surface area (Å²) in [5, 5.41) is 11.6. The van der Waals surface area contributed by atoms with Gasteiger partial charge in [-0.25, -0.2) is 0 Å². The Kier molecular flexibility index (Phi) is 8.33. The third-order valence-corrected chi connectivity index (χ3v) is 7.68. The van der Waals surface area contributed by atoms with Crippen molar-refractivity contribution in [3.8, 4) is 11.5 Å². The standard InChI is InChI=1S/C30H41NO3/c1-4-31(18-16-23-12-15-28(33-5-2)29(20-23)34-6-3)19-17-30(32)22-25-13-14-26(30)21-27(25)24-10-8-7-9-11-24/h7-12,15,20-21,25-26,32H,4-6,13-14,16-19,22H2,1-3H3/t25-,26+,30+/m0/s1. The van der Waals surface area contributed by atoms with Crippen LogP contribution in [0.25, 0.3) is 5.57 Å². The molecule has 1 fully saturated rings. The first-order valence-corrected chi connectivity index (χ1v) is 13.2. The summed E-state index contributed by atoms with van der Waals surface area (Å²) in [6.45, 7) is 10.4. The van der Waals surface area contributed by atoms with Gasteiger partial charge in [0.15, 0.2) is 11.5 Å². The van der Waals surface area contributed by atoms with Gasteiger partial charge in [0.25, 0.3) is 0 Å². The van der Waals surface area contributed by atoms with E-state index in [2.05, 4.69) is 60.4 Å². The van der Waals surface area contributed by atoms with E-state index in [0.29, 0.717) is 19.1 Å². The van der Waals surface area contributed by atoms with Crippen molar-refractivity contribution < 1.29 is 14.6 Å². The number of likely N-dealkylation sites (N-methyl/N-ethyl adjacent to an activating group) is 1. The summed E-state index contributed by atoms with van der Waals surface area (Å²) in [7, 11) is 0. The van der Waals surface area contributed by atoms with Gasteiger partial charge in [-0.15, -0.1) is 0 Å². The summed E-state index contributed by atoms with van der Waals surface area (Å²) < 4.78 is 11.5. The fourth-order valence-electron chi connectivity index (χ4n) is 5.75. The van der Waals surface area contributed by atoms with Crippen molar-refractivity contribution in [1.82, 2.24) is 4.90 Å². The average molecular weight is 464 g/mol. The molecule has 2 aromatic carbocycles. The Morgan fingerprint density at radius 3 is 2.38 bits per heavy atom. The summed E-state index contributed by atoms with van der Waals surface area (Å²) in [6, 6.07) is 17.0. The molecule has 0 aromatic heterocycles. The van der Waals surface area contributed by atoms with E-state index in [4.69, 9.17) is 9.47 Å². The van der Waals surface area contributed by atoms with Gasteiger partial charge >= 0.3 is 0 Å². The Bertz CT molecular complexity index is 957. The normalized spacial score (nSPS) is 23.7. The Balaban J connectivity index is 1.35. The van der Waals surface area contributed by atoms with Crippen LogP contribution in [0.15, 0.2) is 54.6 Å². The molecule has 0 saturated heterocycles. The molecule has 2 bridgehead atoms. The Morgan fingerprint density at radius 1 is 0.941 bits per heavy atom. The molecule has 0 unspecified atom stereocenters. The first kappa shape index (κ1) is 24.8. The number of aliphatic hydroxyl groups is 1. The van der Waals surface area contributed by atoms with Crippen molar-refractivity contribution in [3.05, 3.63) is 65.7 Å². The van der Waals surface area contributed by atoms with Crippen molar-refractivity contribution in [3.63, 3.8) is 0 Å². The fourth-order valence-corrected chi connectivity index (χ4v) is 5.75. The third-order valence-electron chi connectivity index (χ3n) is 7.68. The topological polar surface area (TPSA) is 41.9 Å². The Labute approximate surface area is 205 Å². The zero-order valence-electron chi connectivity index (χ0n) is 21.1. The van der Waals surface area contributed by atoms with Gasteiger partial charge in [-0.3, -0.25) is 0 Å². The predicted octanol–water partition coefficient (Wildman–Crippen LogP) is 5.98. The minimum atomic E-state index is -0.574. The van der Waals surface area contributed by atoms with Gasteiger partial charge in [0.1, 0.15) is 0 Å². The molecular formula is C30H41NO3. The van der Waals surface area contributed by atoms with Crippen LogP contribution in [0.4, 0.5) is 0 Å². The van der Waals surface area contributed by atoms with Crippen molar-refractivity contribution in [2.24, 2.45) is 11.8 Å². The molecule has 1 N–H and O–H groups in total. The van der Waals surface area contributed by atoms with E-state index in [1.807, 2.05) is 19.9 Å². The molecule has 4 nitrogen and oxygen atoms in total. The number of rotatable bonds is 12. The molecule has 0 radical (unpaired) electrons. The smallest absolute Gasteiger partial charge is 0.161 e. The van der Waals surface area contributed by atoms with Crippen LogP contribution in [0.5, 0.6) is 11.5 Å². The average Bonchev–Trinajstić information content (AvgIpc) is 2.86. The SMILES string of the molecule is CCOc1ccc(CCN(CC)CC[C@@]2(O)C[C@@H]3CC[C@@H]2C=C3c2ccccc2)cc1OCC. The zero-order valence-corrected chi connectivity index (χ0v) is 21.1. The van der Waals surface area contributed by atoms with E-state index in [1.165, 1.54) is 23.1 Å². The number of hydrogen-bond donors (Lipinski definition) is 1. The van der Waals surface area contributed by atoms with Crippen LogP contribution in [0, 0.1) is 11.8 Å². The highest BCUT2D eigenvalue weighted by Gasteiger charge is 2.46. The van der Waals surface area contributed by atoms with Crippen LogP contribution in [-0.2, 0) is 6.42 Å². The lowest BCUT2D eigenvalue weighted by atomic mass is 9.61. The molecule has 4 heteroatoms. The Hall–Kier alpha value is -2.30. The number of hydrogen-bond acceptors (Lipinski definition) is 4. The van der Waals surface area contributed by atoms with Crippen molar-refractivity contribution in [1.29, 1.82) is 0 Å². The number of ether oxygens (including phenoxy) is 2. The van der Waals surface area contributed by atoms with Gasteiger partial charge in [-0.2, -0.15) is 0 Å². The van der Waals surface area contributed by atoms with E-state index >= 15 is 0 Å². The maximum absolute atomic E-state index is 11.6. The van der Waals surface area contributed by atoms with E-state index in [0.717, 1.165) is 56.8 Å². The van der Waals surface area contributed by atoms with Gasteiger partial charge in [-0.05, 0) is 87.2 Å². The van der Waals surface area contributed by atoms with Crippen molar-refractivity contribution >= 4 is 5.57 Å². The molecular weight excluding hydrogens is 422 g/mol. The molecule has 5 rings (SSSR count). The molecule has 1 saturated carbocycles. The van der Waals surface area contributed by atoms with Crippen LogP contribution in [0.2, 0.25) is 0 Å². The van der Waals surface area contributed by atoms with Crippen LogP contribution in [0.3, 0.4) is 0 Å². The van der Waals surface area contributed by atoms with E-state index in [9.17, 15) is 5.11 Å². The lowest BCUT2D eigenvalue weighted by Crippen LogP contribution is -2.48. The second-order valence-corrected chi connectivity index (χ2v) is 9.76. The van der Waals surface area contributed by atoms with Gasteiger partial charge in [0.05, 0.1) is 18.8 Å². The number of allylic oxidation sites excluding steroid dienone is 1. The second-order valence-electron chi connectivity index (χ2n) is 9.76. The molecule has 3 aliphatic carbocycles.